The molecule has 2 saturated heterocycles. The first-order chi connectivity index (χ1) is 11.1. The molecular formula is C18H24N4O. The van der Waals surface area contributed by atoms with E-state index in [0.717, 1.165) is 17.4 Å². The van der Waals surface area contributed by atoms with Crippen molar-refractivity contribution in [2.75, 3.05) is 7.05 Å². The van der Waals surface area contributed by atoms with Gasteiger partial charge >= 0.3 is 0 Å². The summed E-state index contributed by atoms with van der Waals surface area (Å²) in [5, 5.41) is 5.39. The number of rotatable bonds is 3. The predicted octanol–water partition coefficient (Wildman–Crippen LogP) is 2.40. The fourth-order valence-electron chi connectivity index (χ4n) is 4.57. The first kappa shape index (κ1) is 14.7. The maximum Gasteiger partial charge on any atom is 0.269 e. The van der Waals surface area contributed by atoms with Gasteiger partial charge in [0.1, 0.15) is 0 Å². The van der Waals surface area contributed by atoms with Crippen LogP contribution in [0.5, 0.6) is 0 Å². The fourth-order valence-corrected chi connectivity index (χ4v) is 4.57. The van der Waals surface area contributed by atoms with E-state index in [0.29, 0.717) is 23.7 Å². The normalized spacial score (nSPS) is 28.1. The van der Waals surface area contributed by atoms with Gasteiger partial charge in [-0.25, -0.2) is 0 Å². The lowest BCUT2D eigenvalue weighted by Crippen LogP contribution is -2.50. The third-order valence-electron chi connectivity index (χ3n) is 5.76. The van der Waals surface area contributed by atoms with Crippen LogP contribution < -0.4 is 5.73 Å². The summed E-state index contributed by atoms with van der Waals surface area (Å²) in [4.78, 5) is 14.2. The molecule has 4 rings (SSSR count). The van der Waals surface area contributed by atoms with Crippen molar-refractivity contribution in [1.82, 2.24) is 14.7 Å². The summed E-state index contributed by atoms with van der Waals surface area (Å²) in [5.74, 6) is 0.186. The number of hydrogen-bond donors (Lipinski definition) is 1. The maximum absolute atomic E-state index is 11.7. The highest BCUT2D eigenvalue weighted by Gasteiger charge is 2.36. The van der Waals surface area contributed by atoms with Gasteiger partial charge in [0.05, 0.1) is 5.52 Å². The molecule has 0 radical (unpaired) electrons. The van der Waals surface area contributed by atoms with Crippen LogP contribution in [0.1, 0.15) is 42.6 Å². The molecule has 2 aromatic rings. The first-order valence-electron chi connectivity index (χ1n) is 8.60. The minimum absolute atomic E-state index is 0.397. The Hall–Kier alpha value is -1.88. The molecular weight excluding hydrogens is 288 g/mol. The van der Waals surface area contributed by atoms with E-state index in [9.17, 15) is 4.79 Å². The zero-order valence-corrected chi connectivity index (χ0v) is 13.6. The van der Waals surface area contributed by atoms with Crippen LogP contribution in [-0.4, -0.2) is 39.7 Å². The third kappa shape index (κ3) is 2.53. The molecule has 3 heterocycles. The number of benzene rings is 1. The average Bonchev–Trinajstić information content (AvgIpc) is 2.88. The molecule has 1 amide bonds. The van der Waals surface area contributed by atoms with Gasteiger partial charge in [-0.3, -0.25) is 9.48 Å². The molecule has 2 bridgehead atoms. The lowest BCUT2D eigenvalue weighted by atomic mass is 9.79. The number of primary amides is 1. The van der Waals surface area contributed by atoms with Gasteiger partial charge in [-0.2, -0.15) is 5.10 Å². The third-order valence-corrected chi connectivity index (χ3v) is 5.76. The van der Waals surface area contributed by atoms with Crippen LogP contribution in [0.15, 0.2) is 24.3 Å². The number of nitrogens with two attached hydrogens (primary N) is 1. The van der Waals surface area contributed by atoms with E-state index in [2.05, 4.69) is 17.0 Å². The van der Waals surface area contributed by atoms with Crippen LogP contribution in [-0.2, 0) is 6.54 Å². The molecule has 5 heteroatoms. The first-order valence-corrected chi connectivity index (χ1v) is 8.60. The van der Waals surface area contributed by atoms with Crippen LogP contribution in [0.3, 0.4) is 0 Å². The summed E-state index contributed by atoms with van der Waals surface area (Å²) in [7, 11) is 2.28. The summed E-state index contributed by atoms with van der Waals surface area (Å²) >= 11 is 0. The van der Waals surface area contributed by atoms with Crippen molar-refractivity contribution in [2.24, 2.45) is 11.7 Å². The highest BCUT2D eigenvalue weighted by molar-refractivity contribution is 6.04. The molecule has 2 atom stereocenters. The van der Waals surface area contributed by atoms with E-state index in [4.69, 9.17) is 5.73 Å². The molecule has 23 heavy (non-hydrogen) atoms. The highest BCUT2D eigenvalue weighted by atomic mass is 16.1. The number of para-hydroxylation sites is 1. The molecule has 0 aliphatic carbocycles. The zero-order valence-electron chi connectivity index (χ0n) is 13.6. The molecule has 2 aliphatic heterocycles. The summed E-state index contributed by atoms with van der Waals surface area (Å²) < 4.78 is 2.00. The second kappa shape index (κ2) is 5.64. The Morgan fingerprint density at radius 1 is 1.26 bits per heavy atom. The Morgan fingerprint density at radius 3 is 2.65 bits per heavy atom. The number of nitrogens with zero attached hydrogens (tertiary/aromatic N) is 3. The van der Waals surface area contributed by atoms with Crippen molar-refractivity contribution >= 4 is 16.8 Å². The molecule has 2 unspecified atom stereocenters. The Labute approximate surface area is 136 Å². The van der Waals surface area contributed by atoms with Gasteiger partial charge < -0.3 is 10.6 Å². The Morgan fingerprint density at radius 2 is 1.96 bits per heavy atom. The second-order valence-electron chi connectivity index (χ2n) is 7.15. The number of aromatic nitrogens is 2. The zero-order chi connectivity index (χ0) is 16.0. The van der Waals surface area contributed by atoms with Gasteiger partial charge in [0.15, 0.2) is 5.69 Å². The van der Waals surface area contributed by atoms with Crippen LogP contribution >= 0.6 is 0 Å². The quantitative estimate of drug-likeness (QED) is 0.946. The number of piperidine rings is 2. The lowest BCUT2D eigenvalue weighted by Gasteiger charge is -2.47. The van der Waals surface area contributed by atoms with Gasteiger partial charge in [-0.05, 0) is 44.7 Å². The van der Waals surface area contributed by atoms with Crippen molar-refractivity contribution in [1.29, 1.82) is 0 Å². The summed E-state index contributed by atoms with van der Waals surface area (Å²) in [6, 6.07) is 9.32. The van der Waals surface area contributed by atoms with Gasteiger partial charge in [0.2, 0.25) is 0 Å². The monoisotopic (exact) mass is 312 g/mol. The summed E-state index contributed by atoms with van der Waals surface area (Å²) in [6.45, 7) is 0.884. The SMILES string of the molecule is CN1C2CCCC1CC(Cn1nc(C(N)=O)c3ccccc31)C2. The molecule has 2 aliphatic rings. The summed E-state index contributed by atoms with van der Waals surface area (Å²) in [6.07, 6.45) is 6.45. The van der Waals surface area contributed by atoms with E-state index in [-0.39, 0.29) is 0 Å². The molecule has 2 N–H and O–H groups in total. The van der Waals surface area contributed by atoms with Gasteiger partial charge in [0, 0.05) is 24.0 Å². The number of carbonyl (C=O) groups excluding carboxylic acids is 1. The lowest BCUT2D eigenvalue weighted by molar-refractivity contribution is 0.0311. The standard InChI is InChI=1S/C18H24N4O/c1-21-13-5-4-6-14(21)10-12(9-13)11-22-16-8-3-2-7-15(16)17(20-22)18(19)23/h2-3,7-8,12-14H,4-6,9-11H2,1H3,(H2,19,23). The van der Waals surface area contributed by atoms with Crippen molar-refractivity contribution in [3.8, 4) is 0 Å². The van der Waals surface area contributed by atoms with Crippen LogP contribution in [0.25, 0.3) is 10.9 Å². The molecule has 2 fully saturated rings. The van der Waals surface area contributed by atoms with Crippen molar-refractivity contribution in [2.45, 2.75) is 50.7 Å². The predicted molar refractivity (Wildman–Crippen MR) is 90.2 cm³/mol. The van der Waals surface area contributed by atoms with E-state index in [1.165, 1.54) is 32.1 Å². The highest BCUT2D eigenvalue weighted by Crippen LogP contribution is 2.36. The molecule has 1 aromatic heterocycles. The molecule has 0 spiro atoms. The Bertz CT molecular complexity index is 724. The maximum atomic E-state index is 11.7. The molecule has 122 valence electrons. The van der Waals surface area contributed by atoms with Crippen molar-refractivity contribution in [3.05, 3.63) is 30.0 Å². The van der Waals surface area contributed by atoms with Gasteiger partial charge in [-0.1, -0.05) is 24.6 Å². The number of hydrogen-bond acceptors (Lipinski definition) is 3. The minimum atomic E-state index is -0.444. The number of amides is 1. The minimum Gasteiger partial charge on any atom is -0.364 e. The Kier molecular flexibility index (Phi) is 3.60. The molecule has 0 saturated carbocycles. The fraction of sp³-hybridized carbons (Fsp3) is 0.556. The average molecular weight is 312 g/mol. The topological polar surface area (TPSA) is 64.2 Å². The van der Waals surface area contributed by atoms with Crippen molar-refractivity contribution in [3.63, 3.8) is 0 Å². The number of fused-ring (bicyclic) bond motifs is 3. The molecule has 5 nitrogen and oxygen atoms in total. The smallest absolute Gasteiger partial charge is 0.269 e. The van der Waals surface area contributed by atoms with E-state index in [1.807, 2.05) is 28.9 Å². The van der Waals surface area contributed by atoms with E-state index in [1.54, 1.807) is 0 Å². The van der Waals surface area contributed by atoms with E-state index < -0.39 is 5.91 Å². The second-order valence-corrected chi connectivity index (χ2v) is 7.15. The van der Waals surface area contributed by atoms with Gasteiger partial charge in [-0.15, -0.1) is 0 Å². The van der Waals surface area contributed by atoms with Crippen molar-refractivity contribution < 1.29 is 4.79 Å². The summed E-state index contributed by atoms with van der Waals surface area (Å²) in [5.41, 5.74) is 6.91. The van der Waals surface area contributed by atoms with Crippen LogP contribution in [0.2, 0.25) is 0 Å². The van der Waals surface area contributed by atoms with Gasteiger partial charge in [0.25, 0.3) is 5.91 Å². The molecule has 1 aromatic carbocycles. The Balaban J connectivity index is 1.62. The number of carbonyl (C=O) groups is 1. The van der Waals surface area contributed by atoms with Crippen LogP contribution in [0.4, 0.5) is 0 Å². The van der Waals surface area contributed by atoms with Crippen LogP contribution in [0, 0.1) is 5.92 Å². The van der Waals surface area contributed by atoms with E-state index >= 15 is 0 Å². The largest absolute Gasteiger partial charge is 0.364 e.